The molecule has 1 aliphatic rings. The second kappa shape index (κ2) is 7.93. The van der Waals surface area contributed by atoms with Crippen LogP contribution in [0.2, 0.25) is 0 Å². The Morgan fingerprint density at radius 1 is 1.07 bits per heavy atom. The van der Waals surface area contributed by atoms with Crippen molar-refractivity contribution in [3.63, 3.8) is 0 Å². The van der Waals surface area contributed by atoms with Gasteiger partial charge in [0.1, 0.15) is 0 Å². The number of benzene rings is 2. The van der Waals surface area contributed by atoms with Gasteiger partial charge in [0.25, 0.3) is 0 Å². The minimum atomic E-state index is -4.64. The highest BCUT2D eigenvalue weighted by Crippen LogP contribution is 2.36. The monoisotopic (exact) mass is 414 g/mol. The molecule has 0 saturated carbocycles. The molecule has 30 heavy (non-hydrogen) atoms. The first kappa shape index (κ1) is 20.1. The first-order chi connectivity index (χ1) is 14.3. The maximum atomic E-state index is 13.7. The van der Waals surface area contributed by atoms with Crippen molar-refractivity contribution in [2.75, 3.05) is 23.3 Å². The molecule has 1 unspecified atom stereocenters. The molecule has 1 atom stereocenters. The summed E-state index contributed by atoms with van der Waals surface area (Å²) < 4.78 is 41.1. The molecule has 2 heterocycles. The Labute approximate surface area is 171 Å². The van der Waals surface area contributed by atoms with Gasteiger partial charge >= 0.3 is 6.18 Å². The van der Waals surface area contributed by atoms with Crippen molar-refractivity contribution in [3.8, 4) is 0 Å². The SMILES string of the molecule is Cc1ccccc1NC(=O)C1CCCN(c2nc3ccccc3nc2C(F)(F)F)C1. The summed E-state index contributed by atoms with van der Waals surface area (Å²) in [6.45, 7) is 2.45. The lowest BCUT2D eigenvalue weighted by Crippen LogP contribution is -2.42. The zero-order valence-electron chi connectivity index (χ0n) is 16.4. The predicted molar refractivity (Wildman–Crippen MR) is 109 cm³/mol. The Bertz CT molecular complexity index is 1080. The fraction of sp³-hybridized carbons (Fsp3) is 0.318. The van der Waals surface area contributed by atoms with Gasteiger partial charge in [-0.3, -0.25) is 4.79 Å². The molecule has 1 fully saturated rings. The van der Waals surface area contributed by atoms with Crippen LogP contribution < -0.4 is 10.2 Å². The van der Waals surface area contributed by atoms with E-state index in [0.717, 1.165) is 5.56 Å². The average molecular weight is 414 g/mol. The van der Waals surface area contributed by atoms with Crippen molar-refractivity contribution >= 4 is 28.4 Å². The number of fused-ring (bicyclic) bond motifs is 1. The molecule has 1 amide bonds. The second-order valence-corrected chi connectivity index (χ2v) is 7.47. The Morgan fingerprint density at radius 3 is 2.43 bits per heavy atom. The Hall–Kier alpha value is -3.16. The summed E-state index contributed by atoms with van der Waals surface area (Å²) >= 11 is 0. The number of aromatic nitrogens is 2. The van der Waals surface area contributed by atoms with E-state index in [1.165, 1.54) is 11.0 Å². The number of carbonyl (C=O) groups is 1. The normalized spacial score (nSPS) is 17.2. The number of nitrogens with one attached hydrogen (secondary N) is 1. The number of aryl methyl sites for hydroxylation is 1. The Kier molecular flexibility index (Phi) is 5.32. The van der Waals surface area contributed by atoms with E-state index >= 15 is 0 Å². The van der Waals surface area contributed by atoms with Gasteiger partial charge in [0.2, 0.25) is 5.91 Å². The first-order valence-corrected chi connectivity index (χ1v) is 9.78. The molecule has 0 spiro atoms. The number of carbonyl (C=O) groups excluding carboxylic acids is 1. The van der Waals surface area contributed by atoms with Crippen LogP contribution in [0.25, 0.3) is 11.0 Å². The summed E-state index contributed by atoms with van der Waals surface area (Å²) in [4.78, 5) is 22.4. The first-order valence-electron chi connectivity index (χ1n) is 9.78. The van der Waals surface area contributed by atoms with E-state index < -0.39 is 17.8 Å². The van der Waals surface area contributed by atoms with Gasteiger partial charge in [-0.1, -0.05) is 30.3 Å². The fourth-order valence-corrected chi connectivity index (χ4v) is 3.73. The van der Waals surface area contributed by atoms with Crippen LogP contribution in [0.5, 0.6) is 0 Å². The van der Waals surface area contributed by atoms with E-state index in [1.54, 1.807) is 18.2 Å². The Balaban J connectivity index is 1.62. The molecule has 2 aromatic carbocycles. The van der Waals surface area contributed by atoms with Gasteiger partial charge in [-0.05, 0) is 43.5 Å². The highest BCUT2D eigenvalue weighted by molar-refractivity contribution is 5.93. The quantitative estimate of drug-likeness (QED) is 0.668. The number of para-hydroxylation sites is 3. The summed E-state index contributed by atoms with van der Waals surface area (Å²) in [6.07, 6.45) is -3.43. The van der Waals surface area contributed by atoms with Gasteiger partial charge in [-0.25, -0.2) is 9.97 Å². The van der Waals surface area contributed by atoms with Gasteiger partial charge in [0, 0.05) is 18.8 Å². The number of anilines is 2. The molecule has 0 radical (unpaired) electrons. The number of piperidine rings is 1. The van der Waals surface area contributed by atoms with Crippen LogP contribution in [-0.2, 0) is 11.0 Å². The summed E-state index contributed by atoms with van der Waals surface area (Å²) in [5.74, 6) is -0.849. The topological polar surface area (TPSA) is 58.1 Å². The molecule has 4 rings (SSSR count). The van der Waals surface area contributed by atoms with E-state index in [4.69, 9.17) is 0 Å². The zero-order chi connectivity index (χ0) is 21.3. The summed E-state index contributed by atoms with van der Waals surface area (Å²) in [6, 6.07) is 13.9. The molecule has 3 aromatic rings. The zero-order valence-corrected chi connectivity index (χ0v) is 16.4. The van der Waals surface area contributed by atoms with E-state index in [0.29, 0.717) is 30.6 Å². The van der Waals surface area contributed by atoms with Crippen LogP contribution in [-0.4, -0.2) is 29.0 Å². The third-order valence-corrected chi connectivity index (χ3v) is 5.32. The number of rotatable bonds is 3. The van der Waals surface area contributed by atoms with E-state index in [2.05, 4.69) is 15.3 Å². The molecule has 1 N–H and O–H groups in total. The largest absolute Gasteiger partial charge is 0.437 e. The molecular weight excluding hydrogens is 393 g/mol. The maximum absolute atomic E-state index is 13.7. The molecule has 0 bridgehead atoms. The summed E-state index contributed by atoms with van der Waals surface area (Å²) in [5, 5.41) is 2.90. The molecule has 5 nitrogen and oxygen atoms in total. The highest BCUT2D eigenvalue weighted by Gasteiger charge is 2.40. The lowest BCUT2D eigenvalue weighted by atomic mass is 9.96. The van der Waals surface area contributed by atoms with Crippen LogP contribution in [0.1, 0.15) is 24.1 Å². The van der Waals surface area contributed by atoms with Gasteiger partial charge in [-0.2, -0.15) is 13.2 Å². The van der Waals surface area contributed by atoms with Crippen LogP contribution in [0.15, 0.2) is 48.5 Å². The standard InChI is InChI=1S/C22H21F3N4O/c1-14-7-2-3-9-16(14)28-21(30)15-8-6-12-29(13-15)20-19(22(23,24)25)26-17-10-4-5-11-18(17)27-20/h2-5,7,9-11,15H,6,8,12-13H2,1H3,(H,28,30). The number of hydrogen-bond donors (Lipinski definition) is 1. The Morgan fingerprint density at radius 2 is 1.73 bits per heavy atom. The van der Waals surface area contributed by atoms with Crippen LogP contribution in [0, 0.1) is 12.8 Å². The average Bonchev–Trinajstić information content (AvgIpc) is 2.74. The van der Waals surface area contributed by atoms with Crippen molar-refractivity contribution in [2.45, 2.75) is 25.9 Å². The van der Waals surface area contributed by atoms with Crippen LogP contribution in [0.4, 0.5) is 24.7 Å². The summed E-state index contributed by atoms with van der Waals surface area (Å²) in [5.41, 5.74) is 1.21. The number of amides is 1. The van der Waals surface area contributed by atoms with Gasteiger partial charge < -0.3 is 10.2 Å². The van der Waals surface area contributed by atoms with Gasteiger partial charge in [0.05, 0.1) is 17.0 Å². The molecule has 1 aromatic heterocycles. The number of nitrogens with zero attached hydrogens (tertiary/aromatic N) is 3. The molecule has 8 heteroatoms. The molecule has 0 aliphatic carbocycles. The van der Waals surface area contributed by atoms with Crippen molar-refractivity contribution in [1.82, 2.24) is 9.97 Å². The number of hydrogen-bond acceptors (Lipinski definition) is 4. The van der Waals surface area contributed by atoms with Crippen molar-refractivity contribution < 1.29 is 18.0 Å². The fourth-order valence-electron chi connectivity index (χ4n) is 3.73. The third kappa shape index (κ3) is 4.08. The number of halogens is 3. The minimum Gasteiger partial charge on any atom is -0.354 e. The van der Waals surface area contributed by atoms with Gasteiger partial charge in [-0.15, -0.1) is 0 Å². The lowest BCUT2D eigenvalue weighted by molar-refractivity contribution is -0.140. The molecule has 1 saturated heterocycles. The highest BCUT2D eigenvalue weighted by atomic mass is 19.4. The van der Waals surface area contributed by atoms with E-state index in [-0.39, 0.29) is 23.8 Å². The van der Waals surface area contributed by atoms with E-state index in [1.807, 2.05) is 31.2 Å². The van der Waals surface area contributed by atoms with Crippen molar-refractivity contribution in [3.05, 3.63) is 59.8 Å². The molecule has 156 valence electrons. The maximum Gasteiger partial charge on any atom is 0.437 e. The third-order valence-electron chi connectivity index (χ3n) is 5.32. The smallest absolute Gasteiger partial charge is 0.354 e. The molecular formula is C22H21F3N4O. The van der Waals surface area contributed by atoms with Crippen molar-refractivity contribution in [1.29, 1.82) is 0 Å². The van der Waals surface area contributed by atoms with Crippen molar-refractivity contribution in [2.24, 2.45) is 5.92 Å². The number of alkyl halides is 3. The second-order valence-electron chi connectivity index (χ2n) is 7.47. The minimum absolute atomic E-state index is 0.161. The van der Waals surface area contributed by atoms with E-state index in [9.17, 15) is 18.0 Å². The summed E-state index contributed by atoms with van der Waals surface area (Å²) in [7, 11) is 0. The van der Waals surface area contributed by atoms with Crippen LogP contribution in [0.3, 0.4) is 0 Å². The predicted octanol–water partition coefficient (Wildman–Crippen LogP) is 4.81. The molecule has 1 aliphatic heterocycles. The van der Waals surface area contributed by atoms with Crippen LogP contribution >= 0.6 is 0 Å². The lowest BCUT2D eigenvalue weighted by Gasteiger charge is -2.34. The van der Waals surface area contributed by atoms with Gasteiger partial charge in [0.15, 0.2) is 11.5 Å².